The molecule has 1 aliphatic rings. The monoisotopic (exact) mass is 224 g/mol. The molecule has 0 radical (unpaired) electrons. The van der Waals surface area contributed by atoms with Gasteiger partial charge in [0.05, 0.1) is 13.2 Å². The number of benzene rings is 1. The molecule has 0 bridgehead atoms. The number of ether oxygens (including phenoxy) is 1. The van der Waals surface area contributed by atoms with Gasteiger partial charge in [-0.3, -0.25) is 0 Å². The maximum absolute atomic E-state index is 13.5. The van der Waals surface area contributed by atoms with Gasteiger partial charge in [0.2, 0.25) is 0 Å². The van der Waals surface area contributed by atoms with E-state index in [1.165, 1.54) is 6.07 Å². The Kier molecular flexibility index (Phi) is 3.88. The number of rotatable bonds is 3. The lowest BCUT2D eigenvalue weighted by atomic mass is 9.99. The largest absolute Gasteiger partial charge is 0.379 e. The van der Waals surface area contributed by atoms with E-state index in [0.717, 1.165) is 13.2 Å². The van der Waals surface area contributed by atoms with Crippen LogP contribution in [0.4, 0.5) is 4.39 Å². The molecular formula is C12H17FN2O. The SMILES string of the molecule is NC(CC1COCCN1)c1ccccc1F. The van der Waals surface area contributed by atoms with Crippen molar-refractivity contribution in [2.24, 2.45) is 5.73 Å². The first-order valence-electron chi connectivity index (χ1n) is 5.58. The van der Waals surface area contributed by atoms with Crippen LogP contribution in [0.5, 0.6) is 0 Å². The minimum atomic E-state index is -0.277. The lowest BCUT2D eigenvalue weighted by molar-refractivity contribution is 0.0719. The standard InChI is InChI=1S/C12H17FN2O/c13-11-4-2-1-3-10(11)12(14)7-9-8-16-6-5-15-9/h1-4,9,12,15H,5-8,14H2. The van der Waals surface area contributed by atoms with Crippen LogP contribution in [0.2, 0.25) is 0 Å². The van der Waals surface area contributed by atoms with Crippen molar-refractivity contribution >= 4 is 0 Å². The van der Waals surface area contributed by atoms with Crippen LogP contribution in [-0.2, 0) is 4.74 Å². The molecule has 0 spiro atoms. The van der Waals surface area contributed by atoms with Crippen molar-refractivity contribution in [2.75, 3.05) is 19.8 Å². The predicted octanol–water partition coefficient (Wildman–Crippen LogP) is 1.20. The Balaban J connectivity index is 1.96. The number of nitrogens with two attached hydrogens (primary N) is 1. The van der Waals surface area contributed by atoms with Gasteiger partial charge in [0, 0.05) is 24.2 Å². The number of morpholine rings is 1. The topological polar surface area (TPSA) is 47.3 Å². The van der Waals surface area contributed by atoms with Gasteiger partial charge in [-0.25, -0.2) is 4.39 Å². The summed E-state index contributed by atoms with van der Waals surface area (Å²) in [6, 6.07) is 6.61. The highest BCUT2D eigenvalue weighted by Crippen LogP contribution is 2.19. The summed E-state index contributed by atoms with van der Waals surface area (Å²) in [4.78, 5) is 0. The fourth-order valence-corrected chi connectivity index (χ4v) is 1.98. The lowest BCUT2D eigenvalue weighted by Crippen LogP contribution is -2.42. The normalized spacial score (nSPS) is 23.0. The molecule has 2 unspecified atom stereocenters. The summed E-state index contributed by atoms with van der Waals surface area (Å²) in [5.74, 6) is -0.230. The molecule has 1 fully saturated rings. The summed E-state index contributed by atoms with van der Waals surface area (Å²) in [6.07, 6.45) is 0.695. The van der Waals surface area contributed by atoms with Gasteiger partial charge in [-0.1, -0.05) is 18.2 Å². The maximum atomic E-state index is 13.5. The van der Waals surface area contributed by atoms with E-state index in [-0.39, 0.29) is 17.9 Å². The third-order valence-corrected chi connectivity index (χ3v) is 2.84. The number of halogens is 1. The predicted molar refractivity (Wildman–Crippen MR) is 60.6 cm³/mol. The second-order valence-corrected chi connectivity index (χ2v) is 4.09. The van der Waals surface area contributed by atoms with E-state index in [4.69, 9.17) is 10.5 Å². The van der Waals surface area contributed by atoms with Crippen molar-refractivity contribution in [3.05, 3.63) is 35.6 Å². The van der Waals surface area contributed by atoms with Crippen LogP contribution in [0.1, 0.15) is 18.0 Å². The van der Waals surface area contributed by atoms with Crippen LogP contribution in [0, 0.1) is 5.82 Å². The molecule has 0 saturated carbocycles. The van der Waals surface area contributed by atoms with E-state index in [1.54, 1.807) is 12.1 Å². The van der Waals surface area contributed by atoms with E-state index in [0.29, 0.717) is 18.6 Å². The highest BCUT2D eigenvalue weighted by Gasteiger charge is 2.19. The molecule has 1 aromatic rings. The second kappa shape index (κ2) is 5.39. The zero-order valence-corrected chi connectivity index (χ0v) is 9.16. The summed E-state index contributed by atoms with van der Waals surface area (Å²) >= 11 is 0. The van der Waals surface area contributed by atoms with Gasteiger partial charge >= 0.3 is 0 Å². The van der Waals surface area contributed by atoms with Crippen molar-refractivity contribution in [1.29, 1.82) is 0 Å². The van der Waals surface area contributed by atoms with E-state index in [1.807, 2.05) is 6.07 Å². The van der Waals surface area contributed by atoms with Gasteiger partial charge in [0.15, 0.2) is 0 Å². The Hall–Kier alpha value is -0.970. The smallest absolute Gasteiger partial charge is 0.127 e. The van der Waals surface area contributed by atoms with Gasteiger partial charge in [0.25, 0.3) is 0 Å². The van der Waals surface area contributed by atoms with Crippen LogP contribution in [0.25, 0.3) is 0 Å². The van der Waals surface area contributed by atoms with E-state index < -0.39 is 0 Å². The molecule has 0 amide bonds. The zero-order chi connectivity index (χ0) is 11.4. The van der Waals surface area contributed by atoms with Gasteiger partial charge in [-0.05, 0) is 12.5 Å². The summed E-state index contributed by atoms with van der Waals surface area (Å²) in [7, 11) is 0. The lowest BCUT2D eigenvalue weighted by Gasteiger charge is -2.26. The second-order valence-electron chi connectivity index (χ2n) is 4.09. The summed E-state index contributed by atoms with van der Waals surface area (Å²) in [5.41, 5.74) is 6.57. The van der Waals surface area contributed by atoms with Crippen LogP contribution in [0.15, 0.2) is 24.3 Å². The van der Waals surface area contributed by atoms with Crippen LogP contribution in [0.3, 0.4) is 0 Å². The minimum absolute atomic E-state index is 0.225. The molecule has 0 aromatic heterocycles. The Morgan fingerprint density at radius 3 is 3.00 bits per heavy atom. The van der Waals surface area contributed by atoms with Crippen molar-refractivity contribution in [3.8, 4) is 0 Å². The van der Waals surface area contributed by atoms with E-state index in [9.17, 15) is 4.39 Å². The molecule has 4 heteroatoms. The van der Waals surface area contributed by atoms with Gasteiger partial charge in [-0.15, -0.1) is 0 Å². The number of hydrogen-bond acceptors (Lipinski definition) is 3. The van der Waals surface area contributed by atoms with Gasteiger partial charge in [-0.2, -0.15) is 0 Å². The highest BCUT2D eigenvalue weighted by atomic mass is 19.1. The molecule has 0 aliphatic carbocycles. The van der Waals surface area contributed by atoms with E-state index in [2.05, 4.69) is 5.32 Å². The Morgan fingerprint density at radius 1 is 1.50 bits per heavy atom. The molecule has 16 heavy (non-hydrogen) atoms. The maximum Gasteiger partial charge on any atom is 0.127 e. The first-order chi connectivity index (χ1) is 7.77. The quantitative estimate of drug-likeness (QED) is 0.811. The summed E-state index contributed by atoms with van der Waals surface area (Å²) in [5, 5.41) is 3.31. The first-order valence-corrected chi connectivity index (χ1v) is 5.58. The molecule has 2 atom stereocenters. The molecule has 3 nitrogen and oxygen atoms in total. The fourth-order valence-electron chi connectivity index (χ4n) is 1.98. The van der Waals surface area contributed by atoms with Gasteiger partial charge < -0.3 is 15.8 Å². The number of nitrogens with one attached hydrogen (secondary N) is 1. The van der Waals surface area contributed by atoms with Crippen molar-refractivity contribution in [1.82, 2.24) is 5.32 Å². The minimum Gasteiger partial charge on any atom is -0.379 e. The molecule has 88 valence electrons. The van der Waals surface area contributed by atoms with Crippen LogP contribution in [-0.4, -0.2) is 25.8 Å². The molecule has 1 aromatic carbocycles. The molecule has 1 saturated heterocycles. The third kappa shape index (κ3) is 2.78. The van der Waals surface area contributed by atoms with Crippen molar-refractivity contribution in [3.63, 3.8) is 0 Å². The molecular weight excluding hydrogens is 207 g/mol. The highest BCUT2D eigenvalue weighted by molar-refractivity contribution is 5.21. The Bertz CT molecular complexity index is 340. The van der Waals surface area contributed by atoms with Gasteiger partial charge in [0.1, 0.15) is 5.82 Å². The zero-order valence-electron chi connectivity index (χ0n) is 9.16. The molecule has 1 heterocycles. The molecule has 2 rings (SSSR count). The molecule has 3 N–H and O–H groups in total. The average Bonchev–Trinajstić information content (AvgIpc) is 2.31. The summed E-state index contributed by atoms with van der Waals surface area (Å²) < 4.78 is 18.8. The number of hydrogen-bond donors (Lipinski definition) is 2. The summed E-state index contributed by atoms with van der Waals surface area (Å²) in [6.45, 7) is 2.24. The first kappa shape index (κ1) is 11.5. The van der Waals surface area contributed by atoms with Crippen LogP contribution < -0.4 is 11.1 Å². The molecule has 1 aliphatic heterocycles. The van der Waals surface area contributed by atoms with Crippen molar-refractivity contribution < 1.29 is 9.13 Å². The van der Waals surface area contributed by atoms with Crippen LogP contribution >= 0.6 is 0 Å². The Morgan fingerprint density at radius 2 is 2.31 bits per heavy atom. The Labute approximate surface area is 94.8 Å². The van der Waals surface area contributed by atoms with E-state index >= 15 is 0 Å². The third-order valence-electron chi connectivity index (χ3n) is 2.84. The fraction of sp³-hybridized carbons (Fsp3) is 0.500. The van der Waals surface area contributed by atoms with Crippen molar-refractivity contribution in [2.45, 2.75) is 18.5 Å². The average molecular weight is 224 g/mol.